The summed E-state index contributed by atoms with van der Waals surface area (Å²) in [5.74, 6) is -1.57. The van der Waals surface area contributed by atoms with Gasteiger partial charge in [0.05, 0.1) is 0 Å². The van der Waals surface area contributed by atoms with E-state index in [0.29, 0.717) is 11.1 Å². The number of aromatic nitrogens is 1. The van der Waals surface area contributed by atoms with Crippen molar-refractivity contribution >= 4 is 12.0 Å². The Labute approximate surface area is 103 Å². The molecule has 0 amide bonds. The fourth-order valence-corrected chi connectivity index (χ4v) is 1.58. The second kappa shape index (κ2) is 5.23. The Morgan fingerprint density at radius 1 is 1.28 bits per heavy atom. The molecule has 0 atom stereocenters. The van der Waals surface area contributed by atoms with E-state index in [9.17, 15) is 9.18 Å². The maximum absolute atomic E-state index is 14.1. The van der Waals surface area contributed by atoms with Crippen LogP contribution in [-0.2, 0) is 4.79 Å². The fraction of sp³-hybridized carbons (Fsp3) is 0. The Bertz CT molecular complexity index is 594. The molecule has 0 unspecified atom stereocenters. The number of carbonyl (C=O) groups is 1. The number of rotatable bonds is 3. The van der Waals surface area contributed by atoms with Crippen molar-refractivity contribution in [2.75, 3.05) is 0 Å². The standard InChI is InChI=1S/C14H10FNO2/c15-14-10(6-7-13(17)18)3-1-5-12(14)11-4-2-8-16-9-11/h1-9H,(H,17,18)/b7-6+. The number of halogens is 1. The molecule has 0 radical (unpaired) electrons. The van der Waals surface area contributed by atoms with Crippen LogP contribution in [0.4, 0.5) is 4.39 Å². The highest BCUT2D eigenvalue weighted by atomic mass is 19.1. The van der Waals surface area contributed by atoms with Crippen LogP contribution in [0, 0.1) is 5.82 Å². The molecule has 1 N–H and O–H groups in total. The summed E-state index contributed by atoms with van der Waals surface area (Å²) in [6.45, 7) is 0. The van der Waals surface area contributed by atoms with Crippen LogP contribution in [0.5, 0.6) is 0 Å². The van der Waals surface area contributed by atoms with Crippen molar-refractivity contribution in [3.8, 4) is 11.1 Å². The van der Waals surface area contributed by atoms with Crippen LogP contribution in [-0.4, -0.2) is 16.1 Å². The van der Waals surface area contributed by atoms with Crippen LogP contribution in [0.25, 0.3) is 17.2 Å². The molecule has 90 valence electrons. The zero-order valence-electron chi connectivity index (χ0n) is 9.38. The van der Waals surface area contributed by atoms with E-state index in [1.54, 1.807) is 36.7 Å². The normalized spacial score (nSPS) is 10.7. The zero-order chi connectivity index (χ0) is 13.0. The van der Waals surface area contributed by atoms with Crippen LogP contribution in [0.1, 0.15) is 5.56 Å². The topological polar surface area (TPSA) is 50.2 Å². The molecule has 0 aliphatic carbocycles. The summed E-state index contributed by atoms with van der Waals surface area (Å²) in [6.07, 6.45) is 5.31. The van der Waals surface area contributed by atoms with Crippen LogP contribution in [0.3, 0.4) is 0 Å². The summed E-state index contributed by atoms with van der Waals surface area (Å²) in [7, 11) is 0. The number of carboxylic acids is 1. The second-order valence-corrected chi connectivity index (χ2v) is 3.62. The van der Waals surface area contributed by atoms with Gasteiger partial charge in [0.25, 0.3) is 0 Å². The fourth-order valence-electron chi connectivity index (χ4n) is 1.58. The maximum atomic E-state index is 14.1. The monoisotopic (exact) mass is 243 g/mol. The van der Waals surface area contributed by atoms with Gasteiger partial charge in [0.1, 0.15) is 5.82 Å². The van der Waals surface area contributed by atoms with Crippen molar-refractivity contribution in [3.63, 3.8) is 0 Å². The number of hydrogen-bond acceptors (Lipinski definition) is 2. The van der Waals surface area contributed by atoms with Gasteiger partial charge < -0.3 is 5.11 Å². The third-order valence-electron chi connectivity index (χ3n) is 2.41. The van der Waals surface area contributed by atoms with Gasteiger partial charge in [-0.1, -0.05) is 24.3 Å². The Morgan fingerprint density at radius 3 is 2.78 bits per heavy atom. The molecule has 1 aromatic carbocycles. The minimum absolute atomic E-state index is 0.235. The Kier molecular flexibility index (Phi) is 3.48. The molecule has 2 aromatic rings. The lowest BCUT2D eigenvalue weighted by atomic mass is 10.0. The lowest BCUT2D eigenvalue weighted by Gasteiger charge is -2.05. The van der Waals surface area contributed by atoms with Gasteiger partial charge in [-0.2, -0.15) is 0 Å². The third kappa shape index (κ3) is 2.60. The van der Waals surface area contributed by atoms with Gasteiger partial charge in [-0.3, -0.25) is 4.98 Å². The lowest BCUT2D eigenvalue weighted by Crippen LogP contribution is -1.91. The molecule has 3 nitrogen and oxygen atoms in total. The molecule has 0 saturated heterocycles. The number of carboxylic acid groups (broad SMARTS) is 1. The van der Waals surface area contributed by atoms with Crippen LogP contribution in [0.15, 0.2) is 48.8 Å². The summed E-state index contributed by atoms with van der Waals surface area (Å²) >= 11 is 0. The van der Waals surface area contributed by atoms with Gasteiger partial charge >= 0.3 is 5.97 Å². The van der Waals surface area contributed by atoms with E-state index in [1.807, 2.05) is 0 Å². The Hall–Kier alpha value is -2.49. The first-order chi connectivity index (χ1) is 8.68. The molecular formula is C14H10FNO2. The van der Waals surface area contributed by atoms with Gasteiger partial charge in [0.2, 0.25) is 0 Å². The zero-order valence-corrected chi connectivity index (χ0v) is 9.38. The van der Waals surface area contributed by atoms with Gasteiger partial charge in [-0.15, -0.1) is 0 Å². The minimum Gasteiger partial charge on any atom is -0.478 e. The SMILES string of the molecule is O=C(O)/C=C/c1cccc(-c2cccnc2)c1F. The van der Waals surface area contributed by atoms with Crippen molar-refractivity contribution < 1.29 is 14.3 Å². The van der Waals surface area contributed by atoms with E-state index >= 15 is 0 Å². The van der Waals surface area contributed by atoms with Crippen LogP contribution < -0.4 is 0 Å². The van der Waals surface area contributed by atoms with E-state index in [1.165, 1.54) is 12.1 Å². The smallest absolute Gasteiger partial charge is 0.328 e. The van der Waals surface area contributed by atoms with Crippen molar-refractivity contribution in [2.45, 2.75) is 0 Å². The predicted octanol–water partition coefficient (Wildman–Crippen LogP) is 2.99. The molecule has 0 aliphatic heterocycles. The first-order valence-electron chi connectivity index (χ1n) is 5.28. The van der Waals surface area contributed by atoms with Crippen molar-refractivity contribution in [1.29, 1.82) is 0 Å². The molecule has 0 spiro atoms. The van der Waals surface area contributed by atoms with E-state index in [4.69, 9.17) is 5.11 Å². The summed E-state index contributed by atoms with van der Waals surface area (Å²) < 4.78 is 14.1. The average molecular weight is 243 g/mol. The second-order valence-electron chi connectivity index (χ2n) is 3.62. The summed E-state index contributed by atoms with van der Waals surface area (Å²) in [6, 6.07) is 8.29. The number of benzene rings is 1. The highest BCUT2D eigenvalue weighted by Gasteiger charge is 2.08. The first-order valence-corrected chi connectivity index (χ1v) is 5.28. The number of hydrogen-bond donors (Lipinski definition) is 1. The molecule has 4 heteroatoms. The summed E-state index contributed by atoms with van der Waals surface area (Å²) in [5.41, 5.74) is 1.29. The van der Waals surface area contributed by atoms with Gasteiger partial charge in [-0.05, 0) is 12.1 Å². The molecule has 1 aromatic heterocycles. The van der Waals surface area contributed by atoms with Crippen LogP contribution in [0.2, 0.25) is 0 Å². The third-order valence-corrected chi connectivity index (χ3v) is 2.41. The van der Waals surface area contributed by atoms with E-state index in [0.717, 1.165) is 6.08 Å². The van der Waals surface area contributed by atoms with Gasteiger partial charge in [-0.25, -0.2) is 9.18 Å². The summed E-state index contributed by atoms with van der Waals surface area (Å²) in [4.78, 5) is 14.3. The van der Waals surface area contributed by atoms with Crippen LogP contribution >= 0.6 is 0 Å². The van der Waals surface area contributed by atoms with E-state index < -0.39 is 11.8 Å². The van der Waals surface area contributed by atoms with Crippen molar-refractivity contribution in [2.24, 2.45) is 0 Å². The lowest BCUT2D eigenvalue weighted by molar-refractivity contribution is -0.131. The molecular weight excluding hydrogens is 233 g/mol. The quantitative estimate of drug-likeness (QED) is 0.843. The first kappa shape index (κ1) is 12.0. The van der Waals surface area contributed by atoms with Gasteiger partial charge in [0.15, 0.2) is 0 Å². The van der Waals surface area contributed by atoms with Crippen molar-refractivity contribution in [3.05, 3.63) is 60.2 Å². The molecule has 2 rings (SSSR count). The van der Waals surface area contributed by atoms with E-state index in [-0.39, 0.29) is 5.56 Å². The number of pyridine rings is 1. The molecule has 1 heterocycles. The Balaban J connectivity index is 2.46. The molecule has 18 heavy (non-hydrogen) atoms. The summed E-state index contributed by atoms with van der Waals surface area (Å²) in [5, 5.41) is 8.53. The molecule has 0 fully saturated rings. The maximum Gasteiger partial charge on any atom is 0.328 e. The number of nitrogens with zero attached hydrogens (tertiary/aromatic N) is 1. The van der Waals surface area contributed by atoms with Crippen molar-refractivity contribution in [1.82, 2.24) is 4.98 Å². The molecule has 0 bridgehead atoms. The molecule has 0 saturated carbocycles. The molecule has 0 aliphatic rings. The number of aliphatic carboxylic acids is 1. The Morgan fingerprint density at radius 2 is 2.11 bits per heavy atom. The van der Waals surface area contributed by atoms with E-state index in [2.05, 4.69) is 4.98 Å². The minimum atomic E-state index is -1.11. The predicted molar refractivity (Wildman–Crippen MR) is 66.3 cm³/mol. The largest absolute Gasteiger partial charge is 0.478 e. The van der Waals surface area contributed by atoms with Gasteiger partial charge in [0, 0.05) is 35.2 Å². The highest BCUT2D eigenvalue weighted by molar-refractivity contribution is 5.85. The average Bonchev–Trinajstić information content (AvgIpc) is 2.38. The highest BCUT2D eigenvalue weighted by Crippen LogP contribution is 2.24.